The third kappa shape index (κ3) is 3.11. The van der Waals surface area contributed by atoms with Crippen LogP contribution < -0.4 is 5.32 Å². The number of carboxylic acids is 1. The minimum absolute atomic E-state index is 0.143. The second-order valence-electron chi connectivity index (χ2n) is 4.85. The van der Waals surface area contributed by atoms with Crippen molar-refractivity contribution >= 4 is 12.0 Å². The fourth-order valence-corrected chi connectivity index (χ4v) is 1.62. The first-order chi connectivity index (χ1) is 6.82. The lowest BCUT2D eigenvalue weighted by atomic mass is 9.93. The summed E-state index contributed by atoms with van der Waals surface area (Å²) in [6.07, 6.45) is 0.960. The van der Waals surface area contributed by atoms with Gasteiger partial charge in [-0.3, -0.25) is 4.79 Å². The maximum absolute atomic E-state index is 11.6. The Bertz CT molecular complexity index is 276. The average molecular weight is 214 g/mol. The van der Waals surface area contributed by atoms with Crippen LogP contribution in [0.2, 0.25) is 0 Å². The summed E-state index contributed by atoms with van der Waals surface area (Å²) in [5, 5.41) is 11.1. The minimum atomic E-state index is -1.01. The first kappa shape index (κ1) is 11.8. The molecule has 0 aromatic rings. The number of urea groups is 1. The number of likely N-dealkylation sites (tertiary alicyclic amines) is 1. The first-order valence-corrected chi connectivity index (χ1v) is 5.10. The number of hydrogen-bond donors (Lipinski definition) is 2. The standard InChI is InChI=1S/C10H18N2O3/c1-7(8(13)14)11-9(15)12-5-4-10(2,3)6-12/h7H,4-6H2,1-3H3,(H,11,15)(H,13,14)/t7-/m1/s1. The van der Waals surface area contributed by atoms with Crippen LogP contribution in [0.5, 0.6) is 0 Å². The van der Waals surface area contributed by atoms with Gasteiger partial charge in [-0.25, -0.2) is 4.79 Å². The van der Waals surface area contributed by atoms with Gasteiger partial charge in [0.15, 0.2) is 0 Å². The highest BCUT2D eigenvalue weighted by Gasteiger charge is 2.32. The van der Waals surface area contributed by atoms with Gasteiger partial charge in [0.2, 0.25) is 0 Å². The van der Waals surface area contributed by atoms with Crippen molar-refractivity contribution in [3.63, 3.8) is 0 Å². The average Bonchev–Trinajstić information content (AvgIpc) is 2.45. The maximum atomic E-state index is 11.6. The summed E-state index contributed by atoms with van der Waals surface area (Å²) >= 11 is 0. The van der Waals surface area contributed by atoms with E-state index < -0.39 is 12.0 Å². The SMILES string of the molecule is C[C@@H](NC(=O)N1CCC(C)(C)C1)C(=O)O. The third-order valence-electron chi connectivity index (χ3n) is 2.68. The predicted molar refractivity (Wildman–Crippen MR) is 55.6 cm³/mol. The third-order valence-corrected chi connectivity index (χ3v) is 2.68. The van der Waals surface area contributed by atoms with E-state index in [1.807, 2.05) is 0 Å². The summed E-state index contributed by atoms with van der Waals surface area (Å²) in [7, 11) is 0. The summed E-state index contributed by atoms with van der Waals surface area (Å²) in [5.41, 5.74) is 0.143. The second-order valence-corrected chi connectivity index (χ2v) is 4.85. The molecule has 0 aromatic heterocycles. The summed E-state index contributed by atoms with van der Waals surface area (Å²) in [5.74, 6) is -1.01. The van der Waals surface area contributed by atoms with Crippen LogP contribution in [0.3, 0.4) is 0 Å². The topological polar surface area (TPSA) is 69.6 Å². The zero-order valence-electron chi connectivity index (χ0n) is 9.41. The van der Waals surface area contributed by atoms with Crippen molar-refractivity contribution < 1.29 is 14.7 Å². The van der Waals surface area contributed by atoms with Gasteiger partial charge in [0.25, 0.3) is 0 Å². The first-order valence-electron chi connectivity index (χ1n) is 5.10. The van der Waals surface area contributed by atoms with E-state index in [-0.39, 0.29) is 11.4 Å². The highest BCUT2D eigenvalue weighted by Crippen LogP contribution is 2.28. The molecule has 1 aliphatic heterocycles. The van der Waals surface area contributed by atoms with Gasteiger partial charge in [-0.2, -0.15) is 0 Å². The Morgan fingerprint density at radius 3 is 2.47 bits per heavy atom. The van der Waals surface area contributed by atoms with E-state index in [2.05, 4.69) is 19.2 Å². The van der Waals surface area contributed by atoms with Crippen molar-refractivity contribution in [1.82, 2.24) is 10.2 Å². The van der Waals surface area contributed by atoms with Gasteiger partial charge >= 0.3 is 12.0 Å². The molecule has 1 rings (SSSR count). The Labute approximate surface area is 89.4 Å². The molecule has 5 heteroatoms. The molecule has 1 saturated heterocycles. The van der Waals surface area contributed by atoms with Crippen LogP contribution in [0.25, 0.3) is 0 Å². The number of amides is 2. The Hall–Kier alpha value is -1.26. The summed E-state index contributed by atoms with van der Waals surface area (Å²) in [4.78, 5) is 23.8. The van der Waals surface area contributed by atoms with E-state index in [1.165, 1.54) is 6.92 Å². The lowest BCUT2D eigenvalue weighted by Crippen LogP contribution is -2.46. The zero-order valence-corrected chi connectivity index (χ0v) is 9.41. The van der Waals surface area contributed by atoms with E-state index in [4.69, 9.17) is 5.11 Å². The van der Waals surface area contributed by atoms with Gasteiger partial charge in [-0.05, 0) is 18.8 Å². The quantitative estimate of drug-likeness (QED) is 0.717. The molecule has 1 fully saturated rings. The summed E-state index contributed by atoms with van der Waals surface area (Å²) < 4.78 is 0. The van der Waals surface area contributed by atoms with E-state index in [0.29, 0.717) is 13.1 Å². The normalized spacial score (nSPS) is 21.1. The van der Waals surface area contributed by atoms with Crippen LogP contribution in [0, 0.1) is 5.41 Å². The number of carbonyl (C=O) groups is 2. The predicted octanol–water partition coefficient (Wildman–Crippen LogP) is 0.901. The molecular weight excluding hydrogens is 196 g/mol. The Morgan fingerprint density at radius 1 is 1.47 bits per heavy atom. The molecule has 0 radical (unpaired) electrons. The van der Waals surface area contributed by atoms with E-state index in [0.717, 1.165) is 6.42 Å². The Kier molecular flexibility index (Phi) is 3.21. The second kappa shape index (κ2) is 4.08. The molecule has 1 atom stereocenters. The molecule has 0 aliphatic carbocycles. The van der Waals surface area contributed by atoms with Gasteiger partial charge in [0.1, 0.15) is 6.04 Å². The van der Waals surface area contributed by atoms with E-state index in [9.17, 15) is 9.59 Å². The van der Waals surface area contributed by atoms with Crippen LogP contribution in [-0.4, -0.2) is 41.1 Å². The molecule has 0 unspecified atom stereocenters. The molecule has 2 N–H and O–H groups in total. The molecule has 0 spiro atoms. The highest BCUT2D eigenvalue weighted by molar-refractivity contribution is 5.82. The molecule has 86 valence electrons. The van der Waals surface area contributed by atoms with Crippen molar-refractivity contribution in [2.24, 2.45) is 5.41 Å². The zero-order chi connectivity index (χ0) is 11.6. The summed E-state index contributed by atoms with van der Waals surface area (Å²) in [6, 6.07) is -1.11. The number of aliphatic carboxylic acids is 1. The van der Waals surface area contributed by atoms with Crippen molar-refractivity contribution in [3.05, 3.63) is 0 Å². The molecule has 0 saturated carbocycles. The fourth-order valence-electron chi connectivity index (χ4n) is 1.62. The van der Waals surface area contributed by atoms with Crippen LogP contribution >= 0.6 is 0 Å². The monoisotopic (exact) mass is 214 g/mol. The van der Waals surface area contributed by atoms with Crippen molar-refractivity contribution in [3.8, 4) is 0 Å². The van der Waals surface area contributed by atoms with Gasteiger partial charge < -0.3 is 15.3 Å². The maximum Gasteiger partial charge on any atom is 0.325 e. The molecule has 0 bridgehead atoms. The molecule has 0 aromatic carbocycles. The number of nitrogens with one attached hydrogen (secondary N) is 1. The molecule has 5 nitrogen and oxygen atoms in total. The van der Waals surface area contributed by atoms with Crippen molar-refractivity contribution in [2.45, 2.75) is 33.2 Å². The van der Waals surface area contributed by atoms with Gasteiger partial charge in [-0.15, -0.1) is 0 Å². The fraction of sp³-hybridized carbons (Fsp3) is 0.800. The van der Waals surface area contributed by atoms with Gasteiger partial charge in [-0.1, -0.05) is 13.8 Å². The highest BCUT2D eigenvalue weighted by atomic mass is 16.4. The minimum Gasteiger partial charge on any atom is -0.480 e. The Morgan fingerprint density at radius 2 is 2.07 bits per heavy atom. The van der Waals surface area contributed by atoms with E-state index >= 15 is 0 Å². The van der Waals surface area contributed by atoms with Crippen LogP contribution in [-0.2, 0) is 4.79 Å². The number of rotatable bonds is 2. The Balaban J connectivity index is 2.46. The lowest BCUT2D eigenvalue weighted by molar-refractivity contribution is -0.138. The van der Waals surface area contributed by atoms with Crippen molar-refractivity contribution in [1.29, 1.82) is 0 Å². The molecule has 2 amide bonds. The lowest BCUT2D eigenvalue weighted by Gasteiger charge is -2.21. The van der Waals surface area contributed by atoms with Gasteiger partial charge in [0, 0.05) is 13.1 Å². The largest absolute Gasteiger partial charge is 0.480 e. The molecule has 1 heterocycles. The number of carboxylic acid groups (broad SMARTS) is 1. The molecule has 15 heavy (non-hydrogen) atoms. The van der Waals surface area contributed by atoms with Crippen molar-refractivity contribution in [2.75, 3.05) is 13.1 Å². The van der Waals surface area contributed by atoms with Crippen LogP contribution in [0.4, 0.5) is 4.79 Å². The number of hydrogen-bond acceptors (Lipinski definition) is 2. The van der Waals surface area contributed by atoms with Gasteiger partial charge in [0.05, 0.1) is 0 Å². The number of carbonyl (C=O) groups excluding carboxylic acids is 1. The smallest absolute Gasteiger partial charge is 0.325 e. The number of nitrogens with zero attached hydrogens (tertiary/aromatic N) is 1. The summed E-state index contributed by atoms with van der Waals surface area (Å²) in [6.45, 7) is 7.04. The van der Waals surface area contributed by atoms with Crippen LogP contribution in [0.1, 0.15) is 27.2 Å². The molecule has 1 aliphatic rings. The van der Waals surface area contributed by atoms with Crippen LogP contribution in [0.15, 0.2) is 0 Å². The van der Waals surface area contributed by atoms with E-state index in [1.54, 1.807) is 4.90 Å². The molecular formula is C10H18N2O3.